The first-order chi connectivity index (χ1) is 11.6. The van der Waals surface area contributed by atoms with Gasteiger partial charge in [-0.15, -0.1) is 24.2 Å². The van der Waals surface area contributed by atoms with Gasteiger partial charge in [0.15, 0.2) is 0 Å². The van der Waals surface area contributed by atoms with Gasteiger partial charge in [-0.1, -0.05) is 0 Å². The van der Waals surface area contributed by atoms with Gasteiger partial charge >= 0.3 is 0 Å². The average Bonchev–Trinajstić information content (AvgIpc) is 2.61. The van der Waals surface area contributed by atoms with E-state index in [1.165, 1.54) is 17.8 Å². The van der Waals surface area contributed by atoms with Crippen LogP contribution < -0.4 is 5.73 Å². The Morgan fingerprint density at radius 3 is 2.68 bits per heavy atom. The summed E-state index contributed by atoms with van der Waals surface area (Å²) in [4.78, 5) is 25.9. The van der Waals surface area contributed by atoms with Gasteiger partial charge in [-0.3, -0.25) is 14.9 Å². The van der Waals surface area contributed by atoms with Crippen LogP contribution in [0.1, 0.15) is 29.6 Å². The highest BCUT2D eigenvalue weighted by atomic mass is 35.5. The van der Waals surface area contributed by atoms with E-state index in [1.54, 1.807) is 17.0 Å². The Labute approximate surface area is 157 Å². The molecule has 0 unspecified atom stereocenters. The zero-order chi connectivity index (χ0) is 17.5. The lowest BCUT2D eigenvalue weighted by Gasteiger charge is -2.32. The highest BCUT2D eigenvalue weighted by molar-refractivity contribution is 7.98. The molecule has 1 amide bonds. The molecule has 7 nitrogen and oxygen atoms in total. The fraction of sp³-hybridized carbons (Fsp3) is 0.562. The lowest BCUT2D eigenvalue weighted by Crippen LogP contribution is -2.41. The third-order valence-electron chi connectivity index (χ3n) is 4.06. The van der Waals surface area contributed by atoms with Crippen molar-refractivity contribution in [3.8, 4) is 0 Å². The van der Waals surface area contributed by atoms with Crippen LogP contribution in [0.15, 0.2) is 23.1 Å². The Hall–Kier alpha value is -1.35. The van der Waals surface area contributed by atoms with Gasteiger partial charge in [0.2, 0.25) is 0 Å². The quantitative estimate of drug-likeness (QED) is 0.333. The standard InChI is InChI=1S/C16H23N3O4S.ClH/c1-24-13-3-4-15(19(21)22)14(11-13)16(20)18-8-5-12(6-9-18)23-10-2-7-17;/h3-4,11-12H,2,5-10,17H2,1H3;1H. The predicted molar refractivity (Wildman–Crippen MR) is 101 cm³/mol. The molecule has 1 aliphatic rings. The Morgan fingerprint density at radius 1 is 1.44 bits per heavy atom. The molecule has 2 N–H and O–H groups in total. The molecule has 9 heteroatoms. The molecule has 0 saturated carbocycles. The first kappa shape index (κ1) is 21.7. The number of likely N-dealkylation sites (tertiary alicyclic amines) is 1. The van der Waals surface area contributed by atoms with E-state index in [2.05, 4.69) is 0 Å². The second kappa shape index (κ2) is 10.6. The van der Waals surface area contributed by atoms with E-state index in [4.69, 9.17) is 10.5 Å². The largest absolute Gasteiger partial charge is 0.378 e. The number of nitro benzene ring substituents is 1. The number of piperidine rings is 1. The van der Waals surface area contributed by atoms with Crippen LogP contribution in [-0.2, 0) is 4.74 Å². The lowest BCUT2D eigenvalue weighted by atomic mass is 10.1. The minimum Gasteiger partial charge on any atom is -0.378 e. The summed E-state index contributed by atoms with van der Waals surface area (Å²) in [6.45, 7) is 2.34. The van der Waals surface area contributed by atoms with Gasteiger partial charge in [-0.2, -0.15) is 0 Å². The van der Waals surface area contributed by atoms with E-state index in [0.717, 1.165) is 24.2 Å². The number of amides is 1. The smallest absolute Gasteiger partial charge is 0.282 e. The molecule has 0 atom stereocenters. The topological polar surface area (TPSA) is 98.7 Å². The van der Waals surface area contributed by atoms with Crippen molar-refractivity contribution >= 4 is 35.8 Å². The number of nitrogens with zero attached hydrogens (tertiary/aromatic N) is 2. The summed E-state index contributed by atoms with van der Waals surface area (Å²) in [5, 5.41) is 11.2. The number of rotatable bonds is 7. The van der Waals surface area contributed by atoms with Crippen molar-refractivity contribution in [3.05, 3.63) is 33.9 Å². The van der Waals surface area contributed by atoms with Crippen molar-refractivity contribution < 1.29 is 14.5 Å². The number of nitro groups is 1. The van der Waals surface area contributed by atoms with Gasteiger partial charge < -0.3 is 15.4 Å². The lowest BCUT2D eigenvalue weighted by molar-refractivity contribution is -0.385. The summed E-state index contributed by atoms with van der Waals surface area (Å²) >= 11 is 1.46. The summed E-state index contributed by atoms with van der Waals surface area (Å²) in [5.41, 5.74) is 5.46. The number of nitrogens with two attached hydrogens (primary N) is 1. The molecule has 1 saturated heterocycles. The number of ether oxygens (including phenoxy) is 1. The Bertz CT molecular complexity index is 595. The van der Waals surface area contributed by atoms with Gasteiger partial charge in [0.05, 0.1) is 11.0 Å². The number of benzene rings is 1. The van der Waals surface area contributed by atoms with E-state index in [9.17, 15) is 14.9 Å². The van der Waals surface area contributed by atoms with Crippen LogP contribution in [0.3, 0.4) is 0 Å². The highest BCUT2D eigenvalue weighted by Gasteiger charge is 2.28. The third-order valence-corrected chi connectivity index (χ3v) is 4.79. The van der Waals surface area contributed by atoms with Crippen LogP contribution in [0, 0.1) is 10.1 Å². The van der Waals surface area contributed by atoms with E-state index >= 15 is 0 Å². The van der Waals surface area contributed by atoms with Gasteiger partial charge in [0, 0.05) is 30.7 Å². The van der Waals surface area contributed by atoms with Crippen molar-refractivity contribution in [3.63, 3.8) is 0 Å². The van der Waals surface area contributed by atoms with E-state index in [-0.39, 0.29) is 35.7 Å². The van der Waals surface area contributed by atoms with E-state index in [1.807, 2.05) is 6.26 Å². The minimum atomic E-state index is -0.500. The molecule has 25 heavy (non-hydrogen) atoms. The van der Waals surface area contributed by atoms with Crippen LogP contribution >= 0.6 is 24.2 Å². The second-order valence-corrected chi connectivity index (χ2v) is 6.52. The molecule has 1 aromatic rings. The molecule has 2 rings (SSSR count). The van der Waals surface area contributed by atoms with E-state index in [0.29, 0.717) is 26.2 Å². The summed E-state index contributed by atoms with van der Waals surface area (Å²) < 4.78 is 5.73. The van der Waals surface area contributed by atoms with Crippen molar-refractivity contribution in [1.82, 2.24) is 4.90 Å². The number of halogens is 1. The number of carbonyl (C=O) groups excluding carboxylic acids is 1. The van der Waals surface area contributed by atoms with Crippen LogP contribution in [0.25, 0.3) is 0 Å². The van der Waals surface area contributed by atoms with Crippen molar-refractivity contribution in [2.75, 3.05) is 32.5 Å². The van der Waals surface area contributed by atoms with Crippen LogP contribution in [-0.4, -0.2) is 54.3 Å². The monoisotopic (exact) mass is 389 g/mol. The molecule has 1 fully saturated rings. The molecular weight excluding hydrogens is 366 g/mol. The maximum Gasteiger partial charge on any atom is 0.282 e. The van der Waals surface area contributed by atoms with Crippen molar-refractivity contribution in [2.24, 2.45) is 5.73 Å². The zero-order valence-electron chi connectivity index (χ0n) is 14.2. The molecule has 0 radical (unpaired) electrons. The molecule has 0 aromatic heterocycles. The van der Waals surface area contributed by atoms with Gasteiger partial charge in [0.25, 0.3) is 11.6 Å². The average molecular weight is 390 g/mol. The molecule has 140 valence electrons. The Kier molecular flexibility index (Phi) is 9.20. The molecule has 1 aromatic carbocycles. The number of hydrogen-bond donors (Lipinski definition) is 1. The first-order valence-electron chi connectivity index (χ1n) is 8.00. The van der Waals surface area contributed by atoms with Crippen LogP contribution in [0.5, 0.6) is 0 Å². The Balaban J connectivity index is 0.00000312. The van der Waals surface area contributed by atoms with Gasteiger partial charge in [0.1, 0.15) is 5.56 Å². The summed E-state index contributed by atoms with van der Waals surface area (Å²) in [7, 11) is 0. The Morgan fingerprint density at radius 2 is 2.12 bits per heavy atom. The van der Waals surface area contributed by atoms with E-state index < -0.39 is 4.92 Å². The maximum absolute atomic E-state index is 12.7. The molecule has 1 heterocycles. The molecule has 0 aliphatic carbocycles. The van der Waals surface area contributed by atoms with Crippen molar-refractivity contribution in [1.29, 1.82) is 0 Å². The normalized spacial score (nSPS) is 14.9. The number of hydrogen-bond acceptors (Lipinski definition) is 6. The van der Waals surface area contributed by atoms with Gasteiger partial charge in [-0.25, -0.2) is 0 Å². The molecular formula is C16H24ClN3O4S. The molecule has 1 aliphatic heterocycles. The predicted octanol–water partition coefficient (Wildman–Crippen LogP) is 2.71. The van der Waals surface area contributed by atoms with Gasteiger partial charge in [-0.05, 0) is 44.2 Å². The van der Waals surface area contributed by atoms with Crippen molar-refractivity contribution in [2.45, 2.75) is 30.3 Å². The zero-order valence-corrected chi connectivity index (χ0v) is 15.8. The first-order valence-corrected chi connectivity index (χ1v) is 9.22. The maximum atomic E-state index is 12.7. The minimum absolute atomic E-state index is 0. The molecule has 0 bridgehead atoms. The summed E-state index contributed by atoms with van der Waals surface area (Å²) in [6.07, 6.45) is 4.32. The summed E-state index contributed by atoms with van der Waals surface area (Å²) in [5.74, 6) is -0.280. The number of thioether (sulfide) groups is 1. The third kappa shape index (κ3) is 5.85. The number of carbonyl (C=O) groups is 1. The summed E-state index contributed by atoms with van der Waals surface area (Å²) in [6, 6.07) is 4.67. The second-order valence-electron chi connectivity index (χ2n) is 5.64. The highest BCUT2D eigenvalue weighted by Crippen LogP contribution is 2.27. The SMILES string of the molecule is CSc1ccc([N+](=O)[O-])c(C(=O)N2CCC(OCCCN)CC2)c1.Cl. The van der Waals surface area contributed by atoms with Crippen LogP contribution in [0.4, 0.5) is 5.69 Å². The fourth-order valence-electron chi connectivity index (χ4n) is 2.70. The van der Waals surface area contributed by atoms with Crippen LogP contribution in [0.2, 0.25) is 0 Å². The fourth-order valence-corrected chi connectivity index (χ4v) is 3.14. The molecule has 0 spiro atoms.